The van der Waals surface area contributed by atoms with Crippen molar-refractivity contribution in [3.63, 3.8) is 0 Å². The molecule has 1 amide bonds. The van der Waals surface area contributed by atoms with Crippen LogP contribution in [0.4, 0.5) is 0 Å². The molecule has 0 fully saturated rings. The Balaban J connectivity index is 0.00000361. The van der Waals surface area contributed by atoms with Gasteiger partial charge < -0.3 is 11.1 Å². The first-order valence-corrected chi connectivity index (χ1v) is 6.95. The van der Waals surface area contributed by atoms with Gasteiger partial charge in [0.25, 0.3) is 0 Å². The Morgan fingerprint density at radius 2 is 1.95 bits per heavy atom. The van der Waals surface area contributed by atoms with Crippen molar-refractivity contribution in [2.45, 2.75) is 33.2 Å². The van der Waals surface area contributed by atoms with E-state index in [0.29, 0.717) is 23.0 Å². The molecule has 1 rings (SSSR count). The zero-order valence-corrected chi connectivity index (χ0v) is 14.2. The van der Waals surface area contributed by atoms with Crippen molar-refractivity contribution in [1.82, 2.24) is 5.32 Å². The molecule has 0 aliphatic heterocycles. The van der Waals surface area contributed by atoms with Crippen molar-refractivity contribution in [2.24, 2.45) is 11.1 Å². The van der Waals surface area contributed by atoms with Gasteiger partial charge in [-0.05, 0) is 23.5 Å². The number of benzene rings is 1. The van der Waals surface area contributed by atoms with Crippen LogP contribution in [0.3, 0.4) is 0 Å². The summed E-state index contributed by atoms with van der Waals surface area (Å²) in [4.78, 5) is 11.8. The van der Waals surface area contributed by atoms with Crippen molar-refractivity contribution < 1.29 is 4.79 Å². The lowest BCUT2D eigenvalue weighted by molar-refractivity contribution is -0.124. The Labute approximate surface area is 136 Å². The van der Waals surface area contributed by atoms with Crippen LogP contribution in [-0.4, -0.2) is 18.5 Å². The second-order valence-corrected chi connectivity index (χ2v) is 6.38. The fourth-order valence-electron chi connectivity index (χ4n) is 1.57. The fraction of sp³-hybridized carbons (Fsp3) is 0.500. The second-order valence-electron chi connectivity index (χ2n) is 5.60. The predicted octanol–water partition coefficient (Wildman–Crippen LogP) is 3.45. The van der Waals surface area contributed by atoms with Gasteiger partial charge in [0.15, 0.2) is 0 Å². The third kappa shape index (κ3) is 5.49. The van der Waals surface area contributed by atoms with Gasteiger partial charge in [-0.3, -0.25) is 4.79 Å². The number of carbonyl (C=O) groups excluding carboxylic acids is 1. The zero-order valence-electron chi connectivity index (χ0n) is 11.9. The molecule has 0 bridgehead atoms. The Morgan fingerprint density at radius 1 is 1.35 bits per heavy atom. The maximum absolute atomic E-state index is 11.8. The number of carbonyl (C=O) groups is 1. The number of halogens is 3. The van der Waals surface area contributed by atoms with Crippen LogP contribution in [0.2, 0.25) is 10.0 Å². The summed E-state index contributed by atoms with van der Waals surface area (Å²) in [7, 11) is 0. The summed E-state index contributed by atoms with van der Waals surface area (Å²) in [5, 5.41) is 3.88. The van der Waals surface area contributed by atoms with Crippen molar-refractivity contribution >= 4 is 41.5 Å². The third-order valence-electron chi connectivity index (χ3n) is 2.94. The standard InChI is InChI=1S/C14H20Cl2N2O.ClH/c1-14(2,3)12(17)13(19)18-8-7-9-5-4-6-10(15)11(9)16;/h4-6,12H,7-8,17H2,1-3H3,(H,18,19);1H/t12-;/m1./s1. The second kappa shape index (κ2) is 8.08. The highest BCUT2D eigenvalue weighted by Gasteiger charge is 2.26. The molecular formula is C14H21Cl3N2O. The zero-order chi connectivity index (χ0) is 14.6. The first-order chi connectivity index (χ1) is 8.73. The van der Waals surface area contributed by atoms with Gasteiger partial charge in [-0.1, -0.05) is 56.1 Å². The minimum absolute atomic E-state index is 0. The SMILES string of the molecule is CC(C)(C)[C@H](N)C(=O)NCCc1cccc(Cl)c1Cl.Cl. The number of nitrogens with two attached hydrogens (primary N) is 1. The topological polar surface area (TPSA) is 55.1 Å². The molecule has 0 heterocycles. The molecule has 114 valence electrons. The van der Waals surface area contributed by atoms with Gasteiger partial charge in [-0.15, -0.1) is 12.4 Å². The summed E-state index contributed by atoms with van der Waals surface area (Å²) in [6.07, 6.45) is 0.627. The first kappa shape index (κ1) is 19.5. The normalized spacial score (nSPS) is 12.5. The van der Waals surface area contributed by atoms with Crippen molar-refractivity contribution in [1.29, 1.82) is 0 Å². The average molecular weight is 340 g/mol. The molecule has 0 aliphatic rings. The summed E-state index contributed by atoms with van der Waals surface area (Å²) in [5.74, 6) is -0.148. The maximum Gasteiger partial charge on any atom is 0.237 e. The van der Waals surface area contributed by atoms with E-state index in [0.717, 1.165) is 5.56 Å². The fourth-order valence-corrected chi connectivity index (χ4v) is 1.98. The minimum Gasteiger partial charge on any atom is -0.354 e. The number of hydrogen-bond donors (Lipinski definition) is 2. The molecule has 0 aliphatic carbocycles. The Hall–Kier alpha value is -0.480. The lowest BCUT2D eigenvalue weighted by atomic mass is 9.87. The van der Waals surface area contributed by atoms with E-state index in [1.807, 2.05) is 32.9 Å². The minimum atomic E-state index is -0.526. The molecule has 0 saturated heterocycles. The van der Waals surface area contributed by atoms with E-state index >= 15 is 0 Å². The van der Waals surface area contributed by atoms with Gasteiger partial charge in [0.05, 0.1) is 16.1 Å². The van der Waals surface area contributed by atoms with E-state index in [1.54, 1.807) is 6.07 Å². The van der Waals surface area contributed by atoms with E-state index < -0.39 is 6.04 Å². The maximum atomic E-state index is 11.8. The third-order valence-corrected chi connectivity index (χ3v) is 3.80. The summed E-state index contributed by atoms with van der Waals surface area (Å²) in [5.41, 5.74) is 6.53. The number of hydrogen-bond acceptors (Lipinski definition) is 2. The average Bonchev–Trinajstić information content (AvgIpc) is 2.32. The number of rotatable bonds is 4. The summed E-state index contributed by atoms with van der Waals surface area (Å²) in [6, 6.07) is 4.94. The highest BCUT2D eigenvalue weighted by molar-refractivity contribution is 6.42. The number of nitrogens with one attached hydrogen (secondary N) is 1. The van der Waals surface area contributed by atoms with Crippen LogP contribution >= 0.6 is 35.6 Å². The van der Waals surface area contributed by atoms with Crippen LogP contribution in [0.25, 0.3) is 0 Å². The number of amides is 1. The van der Waals surface area contributed by atoms with Crippen LogP contribution in [0.15, 0.2) is 18.2 Å². The van der Waals surface area contributed by atoms with E-state index in [-0.39, 0.29) is 23.7 Å². The molecule has 0 saturated carbocycles. The monoisotopic (exact) mass is 338 g/mol. The molecule has 3 nitrogen and oxygen atoms in total. The van der Waals surface area contributed by atoms with Gasteiger partial charge in [-0.25, -0.2) is 0 Å². The Kier molecular flexibility index (Phi) is 7.89. The molecule has 3 N–H and O–H groups in total. The van der Waals surface area contributed by atoms with Gasteiger partial charge in [0.2, 0.25) is 5.91 Å². The lowest BCUT2D eigenvalue weighted by Crippen LogP contribution is -2.49. The molecule has 1 aromatic rings. The molecule has 20 heavy (non-hydrogen) atoms. The summed E-state index contributed by atoms with van der Waals surface area (Å²) >= 11 is 12.0. The van der Waals surface area contributed by atoms with Gasteiger partial charge in [0.1, 0.15) is 0 Å². The molecule has 0 radical (unpaired) electrons. The molecular weight excluding hydrogens is 319 g/mol. The largest absolute Gasteiger partial charge is 0.354 e. The highest BCUT2D eigenvalue weighted by Crippen LogP contribution is 2.25. The van der Waals surface area contributed by atoms with Gasteiger partial charge >= 0.3 is 0 Å². The molecule has 0 aromatic heterocycles. The van der Waals surface area contributed by atoms with Crippen LogP contribution < -0.4 is 11.1 Å². The van der Waals surface area contributed by atoms with Crippen LogP contribution in [0.1, 0.15) is 26.3 Å². The molecule has 1 atom stereocenters. The van der Waals surface area contributed by atoms with Crippen molar-refractivity contribution in [3.8, 4) is 0 Å². The quantitative estimate of drug-likeness (QED) is 0.883. The highest BCUT2D eigenvalue weighted by atomic mass is 35.5. The summed E-state index contributed by atoms with van der Waals surface area (Å²) in [6.45, 7) is 6.30. The van der Waals surface area contributed by atoms with Crippen LogP contribution in [-0.2, 0) is 11.2 Å². The van der Waals surface area contributed by atoms with E-state index in [4.69, 9.17) is 28.9 Å². The predicted molar refractivity (Wildman–Crippen MR) is 87.9 cm³/mol. The summed E-state index contributed by atoms with van der Waals surface area (Å²) < 4.78 is 0. The molecule has 1 aromatic carbocycles. The Morgan fingerprint density at radius 3 is 2.50 bits per heavy atom. The molecule has 0 spiro atoms. The van der Waals surface area contributed by atoms with E-state index in [9.17, 15) is 4.79 Å². The van der Waals surface area contributed by atoms with Gasteiger partial charge in [-0.2, -0.15) is 0 Å². The smallest absolute Gasteiger partial charge is 0.237 e. The van der Waals surface area contributed by atoms with Crippen molar-refractivity contribution in [2.75, 3.05) is 6.54 Å². The molecule has 0 unspecified atom stereocenters. The Bertz CT molecular complexity index is 458. The van der Waals surface area contributed by atoms with Crippen LogP contribution in [0, 0.1) is 5.41 Å². The van der Waals surface area contributed by atoms with E-state index in [2.05, 4.69) is 5.32 Å². The van der Waals surface area contributed by atoms with Gasteiger partial charge in [0, 0.05) is 6.54 Å². The van der Waals surface area contributed by atoms with Crippen LogP contribution in [0.5, 0.6) is 0 Å². The van der Waals surface area contributed by atoms with Crippen molar-refractivity contribution in [3.05, 3.63) is 33.8 Å². The molecule has 6 heteroatoms. The lowest BCUT2D eigenvalue weighted by Gasteiger charge is -2.25. The van der Waals surface area contributed by atoms with E-state index in [1.165, 1.54) is 0 Å². The first-order valence-electron chi connectivity index (χ1n) is 6.19.